The maximum Gasteiger partial charge on any atom is 0.194 e. The highest BCUT2D eigenvalue weighted by Crippen LogP contribution is 2.43. The van der Waals surface area contributed by atoms with Crippen LogP contribution in [0.1, 0.15) is 24.8 Å². The maximum absolute atomic E-state index is 13.0. The van der Waals surface area contributed by atoms with E-state index in [9.17, 15) is 18.3 Å². The second-order valence-corrected chi connectivity index (χ2v) is 4.05. The average molecular weight is 216 g/mol. The highest BCUT2D eigenvalue weighted by molar-refractivity contribution is 5.30. The van der Waals surface area contributed by atoms with Crippen LogP contribution in [-0.2, 0) is 5.41 Å². The molecule has 0 saturated heterocycles. The van der Waals surface area contributed by atoms with Crippen LogP contribution in [0.2, 0.25) is 0 Å². The average Bonchev–Trinajstić information content (AvgIpc) is 2.13. The quantitative estimate of drug-likeness (QED) is 0.753. The summed E-state index contributed by atoms with van der Waals surface area (Å²) in [7, 11) is 0. The number of halogens is 3. The topological polar surface area (TPSA) is 20.2 Å². The summed E-state index contributed by atoms with van der Waals surface area (Å²) in [6.45, 7) is -0.155. The molecule has 0 bridgehead atoms. The van der Waals surface area contributed by atoms with Gasteiger partial charge < -0.3 is 5.11 Å². The molecule has 1 aromatic rings. The molecule has 0 unspecified atom stereocenters. The van der Waals surface area contributed by atoms with E-state index in [2.05, 4.69) is 0 Å². The van der Waals surface area contributed by atoms with Crippen molar-refractivity contribution in [2.24, 2.45) is 0 Å². The first-order valence-electron chi connectivity index (χ1n) is 4.85. The van der Waals surface area contributed by atoms with Gasteiger partial charge in [0.15, 0.2) is 17.5 Å². The molecule has 0 amide bonds. The van der Waals surface area contributed by atoms with Crippen molar-refractivity contribution in [3.63, 3.8) is 0 Å². The summed E-state index contributed by atoms with van der Waals surface area (Å²) in [6.07, 6.45) is 2.29. The molecule has 15 heavy (non-hydrogen) atoms. The molecule has 1 aromatic carbocycles. The molecule has 0 aromatic heterocycles. The number of benzene rings is 1. The summed E-state index contributed by atoms with van der Waals surface area (Å²) in [6, 6.07) is 1.96. The second-order valence-electron chi connectivity index (χ2n) is 4.05. The predicted octanol–water partition coefficient (Wildman–Crippen LogP) is 2.52. The van der Waals surface area contributed by atoms with Crippen LogP contribution in [-0.4, -0.2) is 11.7 Å². The highest BCUT2D eigenvalue weighted by Gasteiger charge is 2.39. The lowest BCUT2D eigenvalue weighted by Gasteiger charge is -2.40. The van der Waals surface area contributed by atoms with Crippen molar-refractivity contribution in [3.05, 3.63) is 35.1 Å². The van der Waals surface area contributed by atoms with Gasteiger partial charge in [0.25, 0.3) is 0 Å². The van der Waals surface area contributed by atoms with Crippen LogP contribution in [0.4, 0.5) is 13.2 Å². The summed E-state index contributed by atoms with van der Waals surface area (Å²) in [5.74, 6) is -3.83. The molecule has 0 atom stereocenters. The van der Waals surface area contributed by atoms with Crippen LogP contribution in [0.25, 0.3) is 0 Å². The van der Waals surface area contributed by atoms with Crippen LogP contribution in [0, 0.1) is 17.5 Å². The number of aliphatic hydroxyl groups is 1. The summed E-state index contributed by atoms with van der Waals surface area (Å²) in [4.78, 5) is 0. The van der Waals surface area contributed by atoms with Gasteiger partial charge in [0.05, 0.1) is 6.61 Å². The van der Waals surface area contributed by atoms with Crippen LogP contribution in [0.3, 0.4) is 0 Å². The van der Waals surface area contributed by atoms with Crippen LogP contribution >= 0.6 is 0 Å². The minimum atomic E-state index is -1.45. The zero-order valence-corrected chi connectivity index (χ0v) is 8.06. The first-order chi connectivity index (χ1) is 7.09. The van der Waals surface area contributed by atoms with Crippen molar-refractivity contribution in [1.82, 2.24) is 0 Å². The van der Waals surface area contributed by atoms with Crippen molar-refractivity contribution < 1.29 is 18.3 Å². The summed E-state index contributed by atoms with van der Waals surface area (Å²) in [5.41, 5.74) is -0.206. The molecular formula is C11H11F3O. The Kier molecular flexibility index (Phi) is 2.46. The molecule has 1 saturated carbocycles. The second kappa shape index (κ2) is 3.52. The Morgan fingerprint density at radius 3 is 2.00 bits per heavy atom. The van der Waals surface area contributed by atoms with Gasteiger partial charge in [-0.25, -0.2) is 13.2 Å². The predicted molar refractivity (Wildman–Crippen MR) is 48.9 cm³/mol. The molecule has 1 N–H and O–H groups in total. The Balaban J connectivity index is 2.45. The number of hydrogen-bond donors (Lipinski definition) is 1. The smallest absolute Gasteiger partial charge is 0.194 e. The third kappa shape index (κ3) is 1.53. The summed E-state index contributed by atoms with van der Waals surface area (Å²) >= 11 is 0. The molecule has 1 nitrogen and oxygen atoms in total. The van der Waals surface area contributed by atoms with E-state index in [1.165, 1.54) is 0 Å². The van der Waals surface area contributed by atoms with Gasteiger partial charge in [-0.2, -0.15) is 0 Å². The van der Waals surface area contributed by atoms with Gasteiger partial charge in [0, 0.05) is 5.41 Å². The van der Waals surface area contributed by atoms with E-state index in [1.807, 2.05) is 0 Å². The Morgan fingerprint density at radius 2 is 1.67 bits per heavy atom. The zero-order valence-electron chi connectivity index (χ0n) is 8.06. The van der Waals surface area contributed by atoms with Crippen molar-refractivity contribution in [3.8, 4) is 0 Å². The van der Waals surface area contributed by atoms with Crippen LogP contribution in [0.15, 0.2) is 12.1 Å². The lowest BCUT2D eigenvalue weighted by atomic mass is 9.65. The first-order valence-corrected chi connectivity index (χ1v) is 4.85. The fourth-order valence-electron chi connectivity index (χ4n) is 2.00. The molecule has 2 rings (SSSR count). The summed E-state index contributed by atoms with van der Waals surface area (Å²) in [5, 5.41) is 9.20. The number of aliphatic hydroxyl groups excluding tert-OH is 1. The number of hydrogen-bond acceptors (Lipinski definition) is 1. The van der Waals surface area contributed by atoms with E-state index in [0.717, 1.165) is 18.6 Å². The normalized spacial score (nSPS) is 18.7. The minimum Gasteiger partial charge on any atom is -0.395 e. The Hall–Kier alpha value is -1.03. The van der Waals surface area contributed by atoms with Crippen LogP contribution < -0.4 is 0 Å². The van der Waals surface area contributed by atoms with E-state index in [-0.39, 0.29) is 6.61 Å². The first kappa shape index (κ1) is 10.5. The standard InChI is InChI=1S/C11H11F3O/c12-8-4-7(5-9(13)10(8)14)11(6-15)2-1-3-11/h4-5,15H,1-3,6H2. The third-order valence-electron chi connectivity index (χ3n) is 3.21. The molecule has 0 spiro atoms. The Bertz CT molecular complexity index is 357. The van der Waals surface area contributed by atoms with Gasteiger partial charge in [0.1, 0.15) is 0 Å². The van der Waals surface area contributed by atoms with E-state index >= 15 is 0 Å². The summed E-state index contributed by atoms with van der Waals surface area (Å²) < 4.78 is 38.7. The molecule has 1 aliphatic rings. The third-order valence-corrected chi connectivity index (χ3v) is 3.21. The van der Waals surface area contributed by atoms with E-state index in [0.29, 0.717) is 18.4 Å². The Morgan fingerprint density at radius 1 is 1.13 bits per heavy atom. The monoisotopic (exact) mass is 216 g/mol. The van der Waals surface area contributed by atoms with Gasteiger partial charge in [-0.3, -0.25) is 0 Å². The molecule has 1 aliphatic carbocycles. The SMILES string of the molecule is OCC1(c2cc(F)c(F)c(F)c2)CCC1. The van der Waals surface area contributed by atoms with E-state index in [1.54, 1.807) is 0 Å². The van der Waals surface area contributed by atoms with E-state index in [4.69, 9.17) is 0 Å². The fraction of sp³-hybridized carbons (Fsp3) is 0.455. The lowest BCUT2D eigenvalue weighted by molar-refractivity contribution is 0.119. The van der Waals surface area contributed by atoms with Crippen molar-refractivity contribution in [2.75, 3.05) is 6.61 Å². The van der Waals surface area contributed by atoms with Gasteiger partial charge in [-0.15, -0.1) is 0 Å². The Labute approximate surface area is 85.5 Å². The maximum atomic E-state index is 13.0. The minimum absolute atomic E-state index is 0.155. The molecule has 82 valence electrons. The fourth-order valence-corrected chi connectivity index (χ4v) is 2.00. The molecule has 4 heteroatoms. The van der Waals surface area contributed by atoms with Crippen molar-refractivity contribution >= 4 is 0 Å². The van der Waals surface area contributed by atoms with E-state index < -0.39 is 22.9 Å². The molecular weight excluding hydrogens is 205 g/mol. The molecule has 0 radical (unpaired) electrons. The van der Waals surface area contributed by atoms with Gasteiger partial charge in [-0.1, -0.05) is 6.42 Å². The highest BCUT2D eigenvalue weighted by atomic mass is 19.2. The van der Waals surface area contributed by atoms with Crippen molar-refractivity contribution in [2.45, 2.75) is 24.7 Å². The lowest BCUT2D eigenvalue weighted by Crippen LogP contribution is -2.38. The van der Waals surface area contributed by atoms with Gasteiger partial charge in [0.2, 0.25) is 0 Å². The van der Waals surface area contributed by atoms with Crippen LogP contribution in [0.5, 0.6) is 0 Å². The van der Waals surface area contributed by atoms with Gasteiger partial charge in [-0.05, 0) is 30.5 Å². The molecule has 0 aliphatic heterocycles. The zero-order chi connectivity index (χ0) is 11.1. The van der Waals surface area contributed by atoms with Crippen molar-refractivity contribution in [1.29, 1.82) is 0 Å². The largest absolute Gasteiger partial charge is 0.395 e. The molecule has 0 heterocycles. The molecule has 1 fully saturated rings. The number of rotatable bonds is 2. The van der Waals surface area contributed by atoms with Gasteiger partial charge >= 0.3 is 0 Å².